The minimum atomic E-state index is -0.539. The molecule has 0 saturated carbocycles. The summed E-state index contributed by atoms with van der Waals surface area (Å²) in [6, 6.07) is 11.3. The van der Waals surface area contributed by atoms with Crippen LogP contribution in [-0.4, -0.2) is 22.9 Å². The van der Waals surface area contributed by atoms with E-state index in [9.17, 15) is 14.9 Å². The van der Waals surface area contributed by atoms with Gasteiger partial charge in [0.25, 0.3) is 11.6 Å². The number of nitrogens with one attached hydrogen (secondary N) is 2. The number of anilines is 2. The molecule has 3 aromatic rings. The molecule has 0 radical (unpaired) electrons. The molecule has 138 valence electrons. The number of carbonyl (C=O) groups is 1. The molecule has 1 aromatic heterocycles. The lowest BCUT2D eigenvalue weighted by Gasteiger charge is -2.08. The normalized spacial score (nSPS) is 10.5. The molecule has 0 unspecified atom stereocenters. The van der Waals surface area contributed by atoms with Crippen LogP contribution in [0, 0.1) is 17.0 Å². The summed E-state index contributed by atoms with van der Waals surface area (Å²) in [7, 11) is 1.64. The van der Waals surface area contributed by atoms with Gasteiger partial charge in [0.1, 0.15) is 0 Å². The smallest absolute Gasteiger partial charge is 0.270 e. The molecule has 1 amide bonds. The average molecular weight is 403 g/mol. The molecule has 0 saturated heterocycles. The highest BCUT2D eigenvalue weighted by Crippen LogP contribution is 2.32. The number of aromatic nitrogens is 1. The van der Waals surface area contributed by atoms with E-state index < -0.39 is 10.8 Å². The molecule has 1 heterocycles. The van der Waals surface area contributed by atoms with Crippen LogP contribution < -0.4 is 10.6 Å². The number of non-ortho nitro benzene ring substituents is 1. The van der Waals surface area contributed by atoms with Crippen LogP contribution in [0.1, 0.15) is 15.2 Å². The number of aryl methyl sites for hydroxylation is 1. The van der Waals surface area contributed by atoms with Gasteiger partial charge in [-0.1, -0.05) is 23.7 Å². The highest BCUT2D eigenvalue weighted by molar-refractivity contribution is 7.16. The van der Waals surface area contributed by atoms with Gasteiger partial charge in [-0.3, -0.25) is 20.2 Å². The van der Waals surface area contributed by atoms with Crippen molar-refractivity contribution >= 4 is 45.4 Å². The number of hydrogen-bond donors (Lipinski definition) is 2. The summed E-state index contributed by atoms with van der Waals surface area (Å²) in [6.07, 6.45) is 0. The molecule has 0 aliphatic carbocycles. The second kappa shape index (κ2) is 7.73. The van der Waals surface area contributed by atoms with Gasteiger partial charge in [0.15, 0.2) is 5.13 Å². The topological polar surface area (TPSA) is 97.2 Å². The first kappa shape index (κ1) is 18.8. The number of halogens is 1. The van der Waals surface area contributed by atoms with Crippen molar-refractivity contribution in [2.75, 3.05) is 17.7 Å². The Morgan fingerprint density at radius 1 is 1.22 bits per heavy atom. The van der Waals surface area contributed by atoms with Gasteiger partial charge < -0.3 is 5.32 Å². The van der Waals surface area contributed by atoms with Crippen LogP contribution >= 0.6 is 22.9 Å². The molecule has 0 spiro atoms. The first-order valence-corrected chi connectivity index (χ1v) is 9.09. The van der Waals surface area contributed by atoms with Crippen molar-refractivity contribution in [2.45, 2.75) is 6.92 Å². The Kier molecular flexibility index (Phi) is 5.38. The molecular weight excluding hydrogens is 388 g/mol. The van der Waals surface area contributed by atoms with Crippen molar-refractivity contribution in [2.24, 2.45) is 0 Å². The lowest BCUT2D eigenvalue weighted by molar-refractivity contribution is -0.384. The minimum Gasteiger partial charge on any atom is -0.387 e. The maximum atomic E-state index is 12.6. The van der Waals surface area contributed by atoms with E-state index in [1.54, 1.807) is 19.2 Å². The van der Waals surface area contributed by atoms with Gasteiger partial charge in [-0.25, -0.2) is 4.98 Å². The lowest BCUT2D eigenvalue weighted by atomic mass is 10.1. The van der Waals surface area contributed by atoms with Crippen LogP contribution in [0.5, 0.6) is 0 Å². The number of nitro groups is 1. The van der Waals surface area contributed by atoms with Gasteiger partial charge >= 0.3 is 0 Å². The zero-order valence-electron chi connectivity index (χ0n) is 14.4. The molecule has 0 fully saturated rings. The van der Waals surface area contributed by atoms with E-state index in [0.29, 0.717) is 15.8 Å². The molecule has 0 aliphatic heterocycles. The molecule has 27 heavy (non-hydrogen) atoms. The Hall–Kier alpha value is -2.97. The second-order valence-electron chi connectivity index (χ2n) is 5.62. The summed E-state index contributed by atoms with van der Waals surface area (Å²) in [5.41, 5.74) is 2.15. The Labute approximate surface area is 164 Å². The summed E-state index contributed by atoms with van der Waals surface area (Å²) in [4.78, 5) is 28.5. The molecule has 0 atom stereocenters. The Morgan fingerprint density at radius 2 is 1.93 bits per heavy atom. The van der Waals surface area contributed by atoms with Crippen LogP contribution in [-0.2, 0) is 0 Å². The largest absolute Gasteiger partial charge is 0.387 e. The fraction of sp³-hybridized carbons (Fsp3) is 0.111. The van der Waals surface area contributed by atoms with Gasteiger partial charge in [-0.2, -0.15) is 0 Å². The highest BCUT2D eigenvalue weighted by atomic mass is 35.5. The van der Waals surface area contributed by atoms with Crippen LogP contribution in [0.4, 0.5) is 16.5 Å². The maximum Gasteiger partial charge on any atom is 0.270 e. The molecule has 7 nitrogen and oxygen atoms in total. The Morgan fingerprint density at radius 3 is 2.56 bits per heavy atom. The predicted octanol–water partition coefficient (Wildman–Crippen LogP) is 4.97. The fourth-order valence-corrected chi connectivity index (χ4v) is 3.50. The van der Waals surface area contributed by atoms with Crippen LogP contribution in [0.2, 0.25) is 5.02 Å². The number of hydrogen-bond acceptors (Lipinski definition) is 6. The van der Waals surface area contributed by atoms with Crippen molar-refractivity contribution < 1.29 is 9.72 Å². The van der Waals surface area contributed by atoms with Gasteiger partial charge in [-0.05, 0) is 25.1 Å². The second-order valence-corrected chi connectivity index (χ2v) is 7.26. The molecule has 0 bridgehead atoms. The number of amides is 1. The monoisotopic (exact) mass is 402 g/mol. The van der Waals surface area contributed by atoms with Crippen LogP contribution in [0.15, 0.2) is 42.5 Å². The number of nitro benzene ring substituents is 1. The van der Waals surface area contributed by atoms with E-state index in [1.165, 1.54) is 29.5 Å². The number of thiazole rings is 1. The summed E-state index contributed by atoms with van der Waals surface area (Å²) < 4.78 is 0. The van der Waals surface area contributed by atoms with Crippen LogP contribution in [0.25, 0.3) is 11.3 Å². The molecule has 2 aromatic carbocycles. The maximum absolute atomic E-state index is 12.6. The quantitative estimate of drug-likeness (QED) is 0.463. The SMILES string of the molecule is CNc1ccc([N+](=O)[O-])cc1C(=O)Nc1nc(-c2ccc(Cl)cc2)c(C)s1. The summed E-state index contributed by atoms with van der Waals surface area (Å²) >= 11 is 7.25. The zero-order valence-corrected chi connectivity index (χ0v) is 16.0. The lowest BCUT2D eigenvalue weighted by Crippen LogP contribution is -2.14. The zero-order chi connectivity index (χ0) is 19.6. The highest BCUT2D eigenvalue weighted by Gasteiger charge is 2.18. The van der Waals surface area contributed by atoms with E-state index in [1.807, 2.05) is 19.1 Å². The molecule has 0 aliphatic rings. The molecule has 3 rings (SSSR count). The third-order valence-electron chi connectivity index (χ3n) is 3.86. The first-order chi connectivity index (χ1) is 12.9. The van der Waals surface area contributed by atoms with Gasteiger partial charge in [0, 0.05) is 40.3 Å². The number of carbonyl (C=O) groups excluding carboxylic acids is 1. The molecule has 2 N–H and O–H groups in total. The first-order valence-electron chi connectivity index (χ1n) is 7.90. The standard InChI is InChI=1S/C18H15ClN4O3S/c1-10-16(11-3-5-12(19)6-4-11)21-18(27-10)22-17(24)14-9-13(23(25)26)7-8-15(14)20-2/h3-9,20H,1-2H3,(H,21,22,24). The minimum absolute atomic E-state index is 0.156. The summed E-state index contributed by atoms with van der Waals surface area (Å²) in [6.45, 7) is 1.91. The number of rotatable bonds is 5. The molecular formula is C18H15ClN4O3S. The van der Waals surface area contributed by atoms with E-state index in [-0.39, 0.29) is 11.3 Å². The fourth-order valence-electron chi connectivity index (χ4n) is 2.54. The van der Waals surface area contributed by atoms with Gasteiger partial charge in [-0.15, -0.1) is 11.3 Å². The van der Waals surface area contributed by atoms with Crippen molar-refractivity contribution in [3.63, 3.8) is 0 Å². The van der Waals surface area contributed by atoms with E-state index in [2.05, 4.69) is 15.6 Å². The number of nitrogens with zero attached hydrogens (tertiary/aromatic N) is 2. The Balaban J connectivity index is 1.89. The van der Waals surface area contributed by atoms with Gasteiger partial charge in [0.05, 0.1) is 16.2 Å². The van der Waals surface area contributed by atoms with Crippen LogP contribution in [0.3, 0.4) is 0 Å². The van der Waals surface area contributed by atoms with Crippen molar-refractivity contribution in [3.05, 3.63) is 68.0 Å². The van der Waals surface area contributed by atoms with E-state index >= 15 is 0 Å². The van der Waals surface area contributed by atoms with Crippen molar-refractivity contribution in [1.29, 1.82) is 0 Å². The van der Waals surface area contributed by atoms with Gasteiger partial charge in [0.2, 0.25) is 0 Å². The predicted molar refractivity (Wildman–Crippen MR) is 108 cm³/mol. The third kappa shape index (κ3) is 4.07. The van der Waals surface area contributed by atoms with E-state index in [4.69, 9.17) is 11.6 Å². The molecule has 9 heteroatoms. The van der Waals surface area contributed by atoms with Crippen molar-refractivity contribution in [1.82, 2.24) is 4.98 Å². The van der Waals surface area contributed by atoms with E-state index in [0.717, 1.165) is 16.1 Å². The summed E-state index contributed by atoms with van der Waals surface area (Å²) in [5.74, 6) is -0.473. The average Bonchev–Trinajstić information content (AvgIpc) is 3.01. The Bertz CT molecular complexity index is 1020. The van der Waals surface area contributed by atoms with Crippen molar-refractivity contribution in [3.8, 4) is 11.3 Å². The third-order valence-corrected chi connectivity index (χ3v) is 5.00. The summed E-state index contributed by atoms with van der Waals surface area (Å²) in [5, 5.41) is 17.6. The number of benzene rings is 2.